The molecule has 3 nitrogen and oxygen atoms in total. The molecule has 5 heteroatoms. The van der Waals surface area contributed by atoms with E-state index in [0.717, 1.165) is 12.1 Å². The maximum Gasteiger partial charge on any atom is 0.323 e. The van der Waals surface area contributed by atoms with Crippen molar-refractivity contribution in [2.24, 2.45) is 0 Å². The molecule has 0 fully saturated rings. The average molecular weight is 241 g/mol. The zero-order valence-electron chi connectivity index (χ0n) is 9.43. The third-order valence-electron chi connectivity index (χ3n) is 2.82. The molecule has 0 bridgehead atoms. The van der Waals surface area contributed by atoms with Crippen molar-refractivity contribution in [3.05, 3.63) is 34.9 Å². The molecule has 17 heavy (non-hydrogen) atoms. The lowest BCUT2D eigenvalue weighted by Gasteiger charge is -2.25. The van der Waals surface area contributed by atoms with Gasteiger partial charge in [-0.25, -0.2) is 8.78 Å². The molecule has 0 saturated heterocycles. The lowest BCUT2D eigenvalue weighted by Crippen LogP contribution is -2.43. The van der Waals surface area contributed by atoms with Crippen LogP contribution in [0, 0.1) is 11.6 Å². The number of fused-ring (bicyclic) bond motifs is 1. The average Bonchev–Trinajstić information content (AvgIpc) is 2.34. The van der Waals surface area contributed by atoms with Gasteiger partial charge in [-0.15, -0.1) is 0 Å². The van der Waals surface area contributed by atoms with Gasteiger partial charge in [0, 0.05) is 18.5 Å². The number of benzene rings is 1. The Morgan fingerprint density at radius 2 is 2.06 bits per heavy atom. The number of nitrogens with one attached hydrogen (secondary N) is 1. The van der Waals surface area contributed by atoms with E-state index in [0.29, 0.717) is 5.56 Å². The quantitative estimate of drug-likeness (QED) is 0.798. The standard InChI is InChI=1S/C12H13F2NO2/c1-2-17-12(16)11-5-7-8(6-15-11)10(14)4-3-9(7)13/h3-4,11,15H,2,5-6H2,1H3. The molecule has 0 aromatic heterocycles. The fourth-order valence-corrected chi connectivity index (χ4v) is 1.96. The number of esters is 1. The Hall–Kier alpha value is -1.49. The molecule has 1 aliphatic rings. The lowest BCUT2D eigenvalue weighted by molar-refractivity contribution is -0.145. The normalized spacial score (nSPS) is 18.6. The van der Waals surface area contributed by atoms with E-state index < -0.39 is 23.6 Å². The molecule has 0 aliphatic carbocycles. The molecule has 1 aromatic carbocycles. The summed E-state index contributed by atoms with van der Waals surface area (Å²) in [5.74, 6) is -1.35. The van der Waals surface area contributed by atoms with Crippen LogP contribution in [-0.4, -0.2) is 18.6 Å². The summed E-state index contributed by atoms with van der Waals surface area (Å²) in [6.45, 7) is 2.12. The van der Waals surface area contributed by atoms with Crippen molar-refractivity contribution in [3.8, 4) is 0 Å². The Morgan fingerprint density at radius 3 is 2.71 bits per heavy atom. The van der Waals surface area contributed by atoms with Crippen molar-refractivity contribution in [1.82, 2.24) is 5.32 Å². The summed E-state index contributed by atoms with van der Waals surface area (Å²) in [4.78, 5) is 11.5. The van der Waals surface area contributed by atoms with Gasteiger partial charge < -0.3 is 4.74 Å². The van der Waals surface area contributed by atoms with E-state index in [9.17, 15) is 13.6 Å². The zero-order chi connectivity index (χ0) is 12.4. The maximum atomic E-state index is 13.5. The second kappa shape index (κ2) is 4.79. The monoisotopic (exact) mass is 241 g/mol. The van der Waals surface area contributed by atoms with Crippen LogP contribution < -0.4 is 5.32 Å². The van der Waals surface area contributed by atoms with Gasteiger partial charge in [-0.2, -0.15) is 0 Å². The first-order valence-corrected chi connectivity index (χ1v) is 5.49. The highest BCUT2D eigenvalue weighted by molar-refractivity contribution is 5.76. The van der Waals surface area contributed by atoms with Crippen LogP contribution >= 0.6 is 0 Å². The molecule has 1 aromatic rings. The van der Waals surface area contributed by atoms with Crippen molar-refractivity contribution >= 4 is 5.97 Å². The van der Waals surface area contributed by atoms with Crippen molar-refractivity contribution in [3.63, 3.8) is 0 Å². The molecule has 0 amide bonds. The zero-order valence-corrected chi connectivity index (χ0v) is 9.43. The van der Waals surface area contributed by atoms with Gasteiger partial charge in [0.05, 0.1) is 6.61 Å². The Balaban J connectivity index is 2.24. The van der Waals surface area contributed by atoms with Gasteiger partial charge in [-0.05, 0) is 24.6 Å². The van der Waals surface area contributed by atoms with E-state index in [-0.39, 0.29) is 25.1 Å². The van der Waals surface area contributed by atoms with Gasteiger partial charge in [0.15, 0.2) is 0 Å². The molecule has 92 valence electrons. The van der Waals surface area contributed by atoms with E-state index in [1.165, 1.54) is 0 Å². The van der Waals surface area contributed by atoms with E-state index in [2.05, 4.69) is 5.32 Å². The molecule has 2 rings (SSSR count). The number of halogens is 2. The minimum Gasteiger partial charge on any atom is -0.465 e. The highest BCUT2D eigenvalue weighted by Gasteiger charge is 2.28. The van der Waals surface area contributed by atoms with Crippen LogP contribution in [0.15, 0.2) is 12.1 Å². The molecule has 0 spiro atoms. The summed E-state index contributed by atoms with van der Waals surface area (Å²) in [5.41, 5.74) is 0.562. The third kappa shape index (κ3) is 2.29. The Labute approximate surface area is 97.8 Å². The van der Waals surface area contributed by atoms with Crippen LogP contribution in [0.4, 0.5) is 8.78 Å². The maximum absolute atomic E-state index is 13.5. The van der Waals surface area contributed by atoms with E-state index >= 15 is 0 Å². The predicted octanol–water partition coefficient (Wildman–Crippen LogP) is 1.54. The van der Waals surface area contributed by atoms with Crippen LogP contribution in [0.3, 0.4) is 0 Å². The largest absolute Gasteiger partial charge is 0.465 e. The number of carbonyl (C=O) groups excluding carboxylic acids is 1. The molecule has 1 N–H and O–H groups in total. The Bertz CT molecular complexity index is 448. The first-order valence-electron chi connectivity index (χ1n) is 5.49. The number of ether oxygens (including phenoxy) is 1. The molecule has 1 unspecified atom stereocenters. The highest BCUT2D eigenvalue weighted by Crippen LogP contribution is 2.23. The van der Waals surface area contributed by atoms with Crippen molar-refractivity contribution < 1.29 is 18.3 Å². The first-order chi connectivity index (χ1) is 8.13. The van der Waals surface area contributed by atoms with Gasteiger partial charge in [-0.1, -0.05) is 0 Å². The van der Waals surface area contributed by atoms with Crippen molar-refractivity contribution in [2.75, 3.05) is 6.61 Å². The molecule has 1 aliphatic heterocycles. The summed E-state index contributed by atoms with van der Waals surface area (Å²) < 4.78 is 31.8. The van der Waals surface area contributed by atoms with E-state index in [4.69, 9.17) is 4.74 Å². The summed E-state index contributed by atoms with van der Waals surface area (Å²) in [5, 5.41) is 2.85. The van der Waals surface area contributed by atoms with Crippen LogP contribution in [0.1, 0.15) is 18.1 Å². The number of hydrogen-bond acceptors (Lipinski definition) is 3. The minimum atomic E-state index is -0.598. The second-order valence-corrected chi connectivity index (χ2v) is 3.88. The summed E-state index contributed by atoms with van der Waals surface area (Å²) >= 11 is 0. The smallest absolute Gasteiger partial charge is 0.323 e. The van der Waals surface area contributed by atoms with Crippen LogP contribution in [0.25, 0.3) is 0 Å². The summed E-state index contributed by atoms with van der Waals surface area (Å²) in [6.07, 6.45) is 0.123. The fourth-order valence-electron chi connectivity index (χ4n) is 1.96. The Kier molecular flexibility index (Phi) is 3.38. The van der Waals surface area contributed by atoms with Gasteiger partial charge in [0.25, 0.3) is 0 Å². The van der Waals surface area contributed by atoms with Crippen molar-refractivity contribution in [2.45, 2.75) is 25.9 Å². The number of carbonyl (C=O) groups is 1. The number of rotatable bonds is 2. The van der Waals surface area contributed by atoms with Crippen molar-refractivity contribution in [1.29, 1.82) is 0 Å². The van der Waals surface area contributed by atoms with Gasteiger partial charge in [0.2, 0.25) is 0 Å². The second-order valence-electron chi connectivity index (χ2n) is 3.88. The molecule has 1 atom stereocenters. The van der Waals surface area contributed by atoms with E-state index in [1.54, 1.807) is 6.92 Å². The van der Waals surface area contributed by atoms with Crippen LogP contribution in [-0.2, 0) is 22.5 Å². The van der Waals surface area contributed by atoms with E-state index in [1.807, 2.05) is 0 Å². The Morgan fingerprint density at radius 1 is 1.41 bits per heavy atom. The highest BCUT2D eigenvalue weighted by atomic mass is 19.1. The summed E-state index contributed by atoms with van der Waals surface area (Å²) in [7, 11) is 0. The SMILES string of the molecule is CCOC(=O)C1Cc2c(F)ccc(F)c2CN1. The minimum absolute atomic E-state index is 0.123. The fraction of sp³-hybridized carbons (Fsp3) is 0.417. The van der Waals surface area contributed by atoms with Gasteiger partial charge >= 0.3 is 5.97 Å². The lowest BCUT2D eigenvalue weighted by atomic mass is 9.95. The molecular formula is C12H13F2NO2. The van der Waals surface area contributed by atoms with Crippen LogP contribution in [0.5, 0.6) is 0 Å². The predicted molar refractivity (Wildman–Crippen MR) is 57.3 cm³/mol. The molecule has 1 heterocycles. The third-order valence-corrected chi connectivity index (χ3v) is 2.82. The van der Waals surface area contributed by atoms with Crippen LogP contribution in [0.2, 0.25) is 0 Å². The molecule has 0 saturated carbocycles. The number of hydrogen-bond donors (Lipinski definition) is 1. The van der Waals surface area contributed by atoms with Gasteiger partial charge in [-0.3, -0.25) is 10.1 Å². The topological polar surface area (TPSA) is 38.3 Å². The molecule has 0 radical (unpaired) electrons. The molecular weight excluding hydrogens is 228 g/mol. The van der Waals surface area contributed by atoms with Gasteiger partial charge in [0.1, 0.15) is 17.7 Å². The summed E-state index contributed by atoms with van der Waals surface area (Å²) in [6, 6.07) is 1.58. The first kappa shape index (κ1) is 12.0.